The molecule has 0 saturated carbocycles. The highest BCUT2D eigenvalue weighted by molar-refractivity contribution is 5.91. The van der Waals surface area contributed by atoms with Gasteiger partial charge in [-0.1, -0.05) is 0 Å². The molecule has 0 radical (unpaired) electrons. The minimum atomic E-state index is -0.703. The Morgan fingerprint density at radius 2 is 2.00 bits per heavy atom. The van der Waals surface area contributed by atoms with Crippen molar-refractivity contribution in [3.05, 3.63) is 47.3 Å². The maximum absolute atomic E-state index is 13.3. The molecule has 1 N–H and O–H groups in total. The zero-order valence-electron chi connectivity index (χ0n) is 9.87. The van der Waals surface area contributed by atoms with E-state index in [1.165, 1.54) is 0 Å². The second-order valence-corrected chi connectivity index (χ2v) is 3.89. The van der Waals surface area contributed by atoms with Crippen molar-refractivity contribution < 1.29 is 13.6 Å². The van der Waals surface area contributed by atoms with Crippen LogP contribution in [0.25, 0.3) is 0 Å². The molecular weight excluding hydrogens is 240 g/mol. The van der Waals surface area contributed by atoms with Crippen LogP contribution in [0.15, 0.2) is 24.3 Å². The Kier molecular flexibility index (Phi) is 3.10. The van der Waals surface area contributed by atoms with E-state index in [-0.39, 0.29) is 5.69 Å². The summed E-state index contributed by atoms with van der Waals surface area (Å²) in [6.07, 6.45) is 0. The summed E-state index contributed by atoms with van der Waals surface area (Å²) in [5.74, 6) is -1.33. The Bertz CT molecular complexity index is 607. The largest absolute Gasteiger partial charge is 0.346 e. The highest BCUT2D eigenvalue weighted by Gasteiger charge is 2.12. The number of nitrogens with zero attached hydrogens (tertiary/aromatic N) is 2. The van der Waals surface area contributed by atoms with Crippen molar-refractivity contribution in [1.29, 1.82) is 0 Å². The lowest BCUT2D eigenvalue weighted by Crippen LogP contribution is -2.22. The maximum atomic E-state index is 13.3. The monoisotopic (exact) mass is 251 g/mol. The van der Waals surface area contributed by atoms with Crippen LogP contribution in [0, 0.1) is 25.5 Å². The first-order valence-corrected chi connectivity index (χ1v) is 5.27. The number of rotatable bonds is 1. The third-order valence-corrected chi connectivity index (χ3v) is 2.37. The second-order valence-electron chi connectivity index (χ2n) is 3.89. The van der Waals surface area contributed by atoms with Gasteiger partial charge in [-0.15, -0.1) is 0 Å². The van der Waals surface area contributed by atoms with Crippen molar-refractivity contribution in [2.24, 2.45) is 0 Å². The molecule has 94 valence electrons. The molecule has 1 heterocycles. The van der Waals surface area contributed by atoms with Gasteiger partial charge in [0.15, 0.2) is 0 Å². The SMILES string of the molecule is Cc1cc(C)n(C(=O)Nc2cc(F)ccc2F)n1. The minimum Gasteiger partial charge on any atom is -0.303 e. The third-order valence-electron chi connectivity index (χ3n) is 2.37. The Labute approximate surface area is 102 Å². The number of hydrogen-bond donors (Lipinski definition) is 1. The predicted octanol–water partition coefficient (Wildman–Crippen LogP) is 2.86. The zero-order chi connectivity index (χ0) is 13.3. The van der Waals surface area contributed by atoms with Crippen molar-refractivity contribution in [2.75, 3.05) is 5.32 Å². The Hall–Kier alpha value is -2.24. The molecule has 0 unspecified atom stereocenters. The summed E-state index contributed by atoms with van der Waals surface area (Å²) in [5.41, 5.74) is 1.07. The van der Waals surface area contributed by atoms with E-state index in [1.54, 1.807) is 19.9 Å². The van der Waals surface area contributed by atoms with Crippen LogP contribution in [0.5, 0.6) is 0 Å². The van der Waals surface area contributed by atoms with E-state index in [2.05, 4.69) is 10.4 Å². The summed E-state index contributed by atoms with van der Waals surface area (Å²) in [4.78, 5) is 11.8. The lowest BCUT2D eigenvalue weighted by molar-refractivity contribution is 0.250. The normalized spacial score (nSPS) is 10.4. The summed E-state index contributed by atoms with van der Waals surface area (Å²) in [7, 11) is 0. The van der Waals surface area contributed by atoms with Crippen molar-refractivity contribution in [1.82, 2.24) is 9.78 Å². The van der Waals surface area contributed by atoms with E-state index in [4.69, 9.17) is 0 Å². The van der Waals surface area contributed by atoms with Gasteiger partial charge in [-0.2, -0.15) is 9.78 Å². The number of nitrogens with one attached hydrogen (secondary N) is 1. The number of benzene rings is 1. The fourth-order valence-corrected chi connectivity index (χ4v) is 1.60. The van der Waals surface area contributed by atoms with Gasteiger partial charge < -0.3 is 5.32 Å². The number of aromatic nitrogens is 2. The first kappa shape index (κ1) is 12.2. The molecule has 0 aliphatic heterocycles. The molecule has 18 heavy (non-hydrogen) atoms. The Balaban J connectivity index is 2.26. The molecule has 0 spiro atoms. The van der Waals surface area contributed by atoms with Crippen LogP contribution >= 0.6 is 0 Å². The van der Waals surface area contributed by atoms with Crippen molar-refractivity contribution in [2.45, 2.75) is 13.8 Å². The highest BCUT2D eigenvalue weighted by atomic mass is 19.1. The fraction of sp³-hybridized carbons (Fsp3) is 0.167. The highest BCUT2D eigenvalue weighted by Crippen LogP contribution is 2.15. The topological polar surface area (TPSA) is 46.9 Å². The molecule has 6 heteroatoms. The van der Waals surface area contributed by atoms with E-state index in [0.29, 0.717) is 11.4 Å². The molecule has 0 aliphatic carbocycles. The number of carbonyl (C=O) groups excluding carboxylic acids is 1. The zero-order valence-corrected chi connectivity index (χ0v) is 9.87. The molecular formula is C12H11F2N3O. The smallest absolute Gasteiger partial charge is 0.303 e. The summed E-state index contributed by atoms with van der Waals surface area (Å²) >= 11 is 0. The van der Waals surface area contributed by atoms with Gasteiger partial charge in [0.2, 0.25) is 0 Å². The molecule has 2 aromatic rings. The second kappa shape index (κ2) is 4.56. The molecule has 0 saturated heterocycles. The van der Waals surface area contributed by atoms with Crippen LogP contribution < -0.4 is 5.32 Å². The number of anilines is 1. The fourth-order valence-electron chi connectivity index (χ4n) is 1.60. The van der Waals surface area contributed by atoms with Crippen molar-refractivity contribution >= 4 is 11.7 Å². The standard InChI is InChI=1S/C12H11F2N3O/c1-7-5-8(2)17(16-7)12(18)15-11-6-9(13)3-4-10(11)14/h3-6H,1-2H3,(H,15,18). The molecule has 1 aromatic heterocycles. The molecule has 0 aliphatic rings. The average molecular weight is 251 g/mol. The summed E-state index contributed by atoms with van der Waals surface area (Å²) < 4.78 is 27.4. The van der Waals surface area contributed by atoms with Gasteiger partial charge >= 0.3 is 6.03 Å². The van der Waals surface area contributed by atoms with Crippen LogP contribution in [0.4, 0.5) is 19.3 Å². The van der Waals surface area contributed by atoms with Gasteiger partial charge in [0.25, 0.3) is 0 Å². The van der Waals surface area contributed by atoms with Gasteiger partial charge in [-0.25, -0.2) is 13.6 Å². The summed E-state index contributed by atoms with van der Waals surface area (Å²) in [6, 6.07) is 3.92. The van der Waals surface area contributed by atoms with Gasteiger partial charge in [0.1, 0.15) is 11.6 Å². The van der Waals surface area contributed by atoms with E-state index in [1.807, 2.05) is 0 Å². The minimum absolute atomic E-state index is 0.215. The number of aryl methyl sites for hydroxylation is 2. The molecule has 1 aromatic carbocycles. The van der Waals surface area contributed by atoms with E-state index in [9.17, 15) is 13.6 Å². The number of carbonyl (C=O) groups is 1. The van der Waals surface area contributed by atoms with Crippen molar-refractivity contribution in [3.8, 4) is 0 Å². The van der Waals surface area contributed by atoms with Gasteiger partial charge in [0, 0.05) is 11.8 Å². The molecule has 0 bridgehead atoms. The van der Waals surface area contributed by atoms with E-state index >= 15 is 0 Å². The number of halogens is 2. The number of hydrogen-bond acceptors (Lipinski definition) is 2. The Morgan fingerprint density at radius 3 is 2.61 bits per heavy atom. The van der Waals surface area contributed by atoms with Crippen molar-refractivity contribution in [3.63, 3.8) is 0 Å². The molecule has 4 nitrogen and oxygen atoms in total. The molecule has 2 rings (SSSR count). The van der Waals surface area contributed by atoms with Crippen LogP contribution in [0.3, 0.4) is 0 Å². The third kappa shape index (κ3) is 2.37. The summed E-state index contributed by atoms with van der Waals surface area (Å²) in [6.45, 7) is 3.43. The van der Waals surface area contributed by atoms with Gasteiger partial charge in [0.05, 0.1) is 11.4 Å². The van der Waals surface area contributed by atoms with Crippen LogP contribution in [-0.2, 0) is 0 Å². The van der Waals surface area contributed by atoms with Crippen LogP contribution in [0.2, 0.25) is 0 Å². The van der Waals surface area contributed by atoms with Gasteiger partial charge in [-0.3, -0.25) is 0 Å². The van der Waals surface area contributed by atoms with E-state index in [0.717, 1.165) is 22.9 Å². The molecule has 1 amide bonds. The maximum Gasteiger partial charge on any atom is 0.346 e. The quantitative estimate of drug-likeness (QED) is 0.847. The Morgan fingerprint density at radius 1 is 1.28 bits per heavy atom. The van der Waals surface area contributed by atoms with Crippen LogP contribution in [-0.4, -0.2) is 15.8 Å². The first-order chi connectivity index (χ1) is 8.47. The molecule has 0 atom stereocenters. The lowest BCUT2D eigenvalue weighted by Gasteiger charge is -2.07. The number of amides is 1. The first-order valence-electron chi connectivity index (χ1n) is 5.27. The predicted molar refractivity (Wildman–Crippen MR) is 62.5 cm³/mol. The average Bonchev–Trinajstić information content (AvgIpc) is 2.63. The lowest BCUT2D eigenvalue weighted by atomic mass is 10.3. The van der Waals surface area contributed by atoms with Gasteiger partial charge in [-0.05, 0) is 32.0 Å². The summed E-state index contributed by atoms with van der Waals surface area (Å²) in [5, 5.41) is 6.21. The van der Waals surface area contributed by atoms with E-state index < -0.39 is 17.7 Å². The van der Waals surface area contributed by atoms with Crippen LogP contribution in [0.1, 0.15) is 11.4 Å². The molecule has 0 fully saturated rings.